The minimum Gasteiger partial charge on any atom is -0.460 e. The number of sulfone groups is 1. The van der Waals surface area contributed by atoms with Gasteiger partial charge in [0.25, 0.3) is 0 Å². The molecule has 1 aromatic carbocycles. The zero-order valence-electron chi connectivity index (χ0n) is 19.0. The maximum absolute atomic E-state index is 12.9. The molecular weight excluding hydrogens is 426 g/mol. The Kier molecular flexibility index (Phi) is 5.99. The number of rotatable bonds is 6. The third-order valence-corrected chi connectivity index (χ3v) is 7.98. The summed E-state index contributed by atoms with van der Waals surface area (Å²) < 4.78 is 31.5. The number of para-hydroxylation sites is 1. The van der Waals surface area contributed by atoms with Crippen LogP contribution in [0.15, 0.2) is 34.8 Å². The van der Waals surface area contributed by atoms with Gasteiger partial charge in [0.05, 0.1) is 23.2 Å². The number of fused-ring (bicyclic) bond motifs is 1. The molecule has 3 heterocycles. The van der Waals surface area contributed by atoms with E-state index in [1.54, 1.807) is 18.0 Å². The van der Waals surface area contributed by atoms with E-state index in [0.717, 1.165) is 45.7 Å². The summed E-state index contributed by atoms with van der Waals surface area (Å²) in [6.07, 6.45) is 4.73. The Morgan fingerprint density at radius 1 is 1.31 bits per heavy atom. The number of aromatic nitrogens is 2. The number of hydrogen-bond donors (Lipinski definition) is 0. The molecule has 8 heteroatoms. The smallest absolute Gasteiger partial charge is 0.246 e. The van der Waals surface area contributed by atoms with Crippen LogP contribution in [0.4, 0.5) is 0 Å². The molecule has 1 unspecified atom stereocenters. The van der Waals surface area contributed by atoms with E-state index in [1.165, 1.54) is 0 Å². The van der Waals surface area contributed by atoms with Gasteiger partial charge in [0.2, 0.25) is 5.91 Å². The second-order valence-corrected chi connectivity index (χ2v) is 10.7. The Bertz CT molecular complexity index is 1300. The lowest BCUT2D eigenvalue weighted by Gasteiger charge is -2.16. The fraction of sp³-hybridized carbons (Fsp3) is 0.417. The largest absolute Gasteiger partial charge is 0.460 e. The lowest BCUT2D eigenvalue weighted by atomic mass is 10.1. The summed E-state index contributed by atoms with van der Waals surface area (Å²) >= 11 is 0. The molecule has 0 N–H and O–H groups in total. The van der Waals surface area contributed by atoms with Crippen LogP contribution in [0.3, 0.4) is 0 Å². The average Bonchev–Trinajstić information content (AvgIpc) is 3.40. The van der Waals surface area contributed by atoms with Crippen LogP contribution >= 0.6 is 0 Å². The van der Waals surface area contributed by atoms with Crippen LogP contribution in [0.25, 0.3) is 17.0 Å². The Labute approximate surface area is 188 Å². The van der Waals surface area contributed by atoms with Gasteiger partial charge >= 0.3 is 0 Å². The standard InChI is InChI=1S/C24H29N3O4S/c1-5-22-20(19-8-6-7-9-23(19)31-22)10-11-24(28)26(4)14-21-16(2)25-27(17(21)3)18-12-13-32(29,30)15-18/h6-11,18H,5,12-15H2,1-4H3/b11-10+. The molecule has 1 amide bonds. The van der Waals surface area contributed by atoms with Crippen LogP contribution in [0.2, 0.25) is 0 Å². The van der Waals surface area contributed by atoms with Crippen molar-refractivity contribution in [3.8, 4) is 0 Å². The molecule has 170 valence electrons. The lowest BCUT2D eigenvalue weighted by Crippen LogP contribution is -2.25. The van der Waals surface area contributed by atoms with E-state index in [9.17, 15) is 13.2 Å². The van der Waals surface area contributed by atoms with Gasteiger partial charge in [-0.25, -0.2) is 8.42 Å². The van der Waals surface area contributed by atoms with E-state index in [0.29, 0.717) is 13.0 Å². The van der Waals surface area contributed by atoms with Crippen LogP contribution in [-0.2, 0) is 27.6 Å². The summed E-state index contributed by atoms with van der Waals surface area (Å²) in [4.78, 5) is 14.5. The first-order valence-electron chi connectivity index (χ1n) is 10.9. The Balaban J connectivity index is 1.52. The highest BCUT2D eigenvalue weighted by atomic mass is 32.2. The molecule has 1 atom stereocenters. The summed E-state index contributed by atoms with van der Waals surface area (Å²) in [5.41, 5.74) is 4.46. The van der Waals surface area contributed by atoms with Crippen molar-refractivity contribution in [1.82, 2.24) is 14.7 Å². The fourth-order valence-electron chi connectivity index (χ4n) is 4.41. The Morgan fingerprint density at radius 3 is 2.75 bits per heavy atom. The maximum Gasteiger partial charge on any atom is 0.246 e. The number of carbonyl (C=O) groups excluding carboxylic acids is 1. The number of amides is 1. The van der Waals surface area contributed by atoms with E-state index in [1.807, 2.05) is 55.8 Å². The van der Waals surface area contributed by atoms with Crippen molar-refractivity contribution in [2.24, 2.45) is 0 Å². The Morgan fingerprint density at radius 2 is 2.06 bits per heavy atom. The second-order valence-electron chi connectivity index (χ2n) is 8.47. The van der Waals surface area contributed by atoms with Crippen LogP contribution in [-0.4, -0.2) is 47.6 Å². The molecule has 0 bridgehead atoms. The quantitative estimate of drug-likeness (QED) is 0.527. The number of likely N-dealkylation sites (N-methyl/N-ethyl adjacent to an activating group) is 1. The summed E-state index contributed by atoms with van der Waals surface area (Å²) in [5.74, 6) is 1.08. The molecule has 0 saturated carbocycles. The van der Waals surface area contributed by atoms with Crippen LogP contribution in [0.1, 0.15) is 47.7 Å². The third kappa shape index (κ3) is 4.24. The third-order valence-electron chi connectivity index (χ3n) is 6.23. The van der Waals surface area contributed by atoms with E-state index in [-0.39, 0.29) is 23.5 Å². The van der Waals surface area contributed by atoms with E-state index >= 15 is 0 Å². The number of hydrogen-bond acceptors (Lipinski definition) is 5. The molecule has 0 aliphatic carbocycles. The summed E-state index contributed by atoms with van der Waals surface area (Å²) in [5, 5.41) is 5.59. The predicted molar refractivity (Wildman–Crippen MR) is 125 cm³/mol. The zero-order chi connectivity index (χ0) is 23.0. The molecule has 1 aliphatic rings. The second kappa shape index (κ2) is 8.58. The van der Waals surface area contributed by atoms with Crippen molar-refractivity contribution in [2.75, 3.05) is 18.6 Å². The number of furan rings is 1. The Hall–Kier alpha value is -2.87. The molecule has 3 aromatic rings. The minimum absolute atomic E-state index is 0.118. The molecule has 4 rings (SSSR count). The maximum atomic E-state index is 12.9. The van der Waals surface area contributed by atoms with Crippen molar-refractivity contribution < 1.29 is 17.6 Å². The van der Waals surface area contributed by atoms with Crippen molar-refractivity contribution in [1.29, 1.82) is 0 Å². The fourth-order valence-corrected chi connectivity index (χ4v) is 6.10. The molecule has 1 fully saturated rings. The van der Waals surface area contributed by atoms with Crippen molar-refractivity contribution in [3.63, 3.8) is 0 Å². The summed E-state index contributed by atoms with van der Waals surface area (Å²) in [7, 11) is -1.23. The highest BCUT2D eigenvalue weighted by molar-refractivity contribution is 7.91. The molecule has 2 aromatic heterocycles. The monoisotopic (exact) mass is 455 g/mol. The van der Waals surface area contributed by atoms with Gasteiger partial charge < -0.3 is 9.32 Å². The van der Waals surface area contributed by atoms with Crippen LogP contribution in [0.5, 0.6) is 0 Å². The minimum atomic E-state index is -2.99. The van der Waals surface area contributed by atoms with Gasteiger partial charge in [0.1, 0.15) is 11.3 Å². The topological polar surface area (TPSA) is 85.4 Å². The first-order valence-corrected chi connectivity index (χ1v) is 12.7. The number of benzene rings is 1. The van der Waals surface area contributed by atoms with Gasteiger partial charge in [0.15, 0.2) is 9.84 Å². The first kappa shape index (κ1) is 22.3. The first-order chi connectivity index (χ1) is 15.2. The van der Waals surface area contributed by atoms with Gasteiger partial charge in [-0.2, -0.15) is 5.10 Å². The van der Waals surface area contributed by atoms with Gasteiger partial charge in [-0.1, -0.05) is 25.1 Å². The lowest BCUT2D eigenvalue weighted by molar-refractivity contribution is -0.125. The number of carbonyl (C=O) groups is 1. The van der Waals surface area contributed by atoms with Crippen molar-refractivity contribution in [3.05, 3.63) is 58.6 Å². The normalized spacial score (nSPS) is 18.1. The summed E-state index contributed by atoms with van der Waals surface area (Å²) in [6, 6.07) is 7.69. The molecule has 32 heavy (non-hydrogen) atoms. The highest BCUT2D eigenvalue weighted by Gasteiger charge is 2.31. The van der Waals surface area contributed by atoms with E-state index in [2.05, 4.69) is 5.10 Å². The number of aryl methyl sites for hydroxylation is 2. The molecule has 7 nitrogen and oxygen atoms in total. The SMILES string of the molecule is CCc1oc2ccccc2c1/C=C/C(=O)N(C)Cc1c(C)nn(C2CCS(=O)(=O)C2)c1C. The molecule has 1 saturated heterocycles. The van der Waals surface area contributed by atoms with Crippen molar-refractivity contribution in [2.45, 2.75) is 46.2 Å². The van der Waals surface area contributed by atoms with E-state index < -0.39 is 9.84 Å². The number of nitrogens with zero attached hydrogens (tertiary/aromatic N) is 3. The van der Waals surface area contributed by atoms with Gasteiger partial charge in [0, 0.05) is 48.3 Å². The molecular formula is C24H29N3O4S. The summed E-state index contributed by atoms with van der Waals surface area (Å²) in [6.45, 7) is 6.29. The average molecular weight is 456 g/mol. The molecule has 0 radical (unpaired) electrons. The predicted octanol–water partition coefficient (Wildman–Crippen LogP) is 3.84. The van der Waals surface area contributed by atoms with Crippen LogP contribution < -0.4 is 0 Å². The van der Waals surface area contributed by atoms with Gasteiger partial charge in [-0.15, -0.1) is 0 Å². The van der Waals surface area contributed by atoms with Gasteiger partial charge in [-0.3, -0.25) is 9.48 Å². The zero-order valence-corrected chi connectivity index (χ0v) is 19.8. The highest BCUT2D eigenvalue weighted by Crippen LogP contribution is 2.29. The van der Waals surface area contributed by atoms with Crippen LogP contribution in [0, 0.1) is 13.8 Å². The van der Waals surface area contributed by atoms with Crippen molar-refractivity contribution >= 4 is 32.8 Å². The molecule has 0 spiro atoms. The van der Waals surface area contributed by atoms with Gasteiger partial charge in [-0.05, 0) is 32.4 Å². The molecule has 1 aliphatic heterocycles. The van der Waals surface area contributed by atoms with E-state index in [4.69, 9.17) is 4.42 Å².